The molecule has 1 aromatic rings. The van der Waals surface area contributed by atoms with E-state index in [0.29, 0.717) is 17.9 Å². The van der Waals surface area contributed by atoms with Crippen LogP contribution in [0.25, 0.3) is 20.8 Å². The molecule has 3 unspecified atom stereocenters. The topological polar surface area (TPSA) is 57.5 Å². The molecule has 6 nitrogen and oxygen atoms in total. The van der Waals surface area contributed by atoms with E-state index in [0.717, 1.165) is 42.6 Å². The smallest absolute Gasteiger partial charge is 0.407 e. The highest BCUT2D eigenvalue weighted by molar-refractivity contribution is 7.21. The molecule has 190 valence electrons. The number of amides is 1. The van der Waals surface area contributed by atoms with E-state index in [1.807, 2.05) is 32.1 Å². The van der Waals surface area contributed by atoms with Crippen molar-refractivity contribution in [3.05, 3.63) is 41.8 Å². The molecule has 0 aromatic heterocycles. The Morgan fingerprint density at radius 1 is 1.19 bits per heavy atom. The molecule has 0 bridgehead atoms. The highest BCUT2D eigenvalue weighted by Gasteiger charge is 2.65. The van der Waals surface area contributed by atoms with E-state index in [9.17, 15) is 4.79 Å². The molecule has 1 N–H and O–H groups in total. The number of hydrogen-bond donors (Lipinski definition) is 1. The molecule has 1 aromatic carbocycles. The molecule has 6 rings (SSSR count). The average Bonchev–Trinajstić information content (AvgIpc) is 3.26. The van der Waals surface area contributed by atoms with Gasteiger partial charge in [0.25, 0.3) is 0 Å². The van der Waals surface area contributed by atoms with Crippen molar-refractivity contribution < 1.29 is 9.53 Å². The Morgan fingerprint density at radius 2 is 1.97 bits per heavy atom. The monoisotopic (exact) mass is 505 g/mol. The molecule has 2 saturated heterocycles. The Hall–Kier alpha value is -2.67. The predicted molar refractivity (Wildman–Crippen MR) is 147 cm³/mol. The van der Waals surface area contributed by atoms with E-state index >= 15 is 0 Å². The largest absolute Gasteiger partial charge is 0.444 e. The second-order valence-corrected chi connectivity index (χ2v) is 13.5. The number of hydrogen-bond acceptors (Lipinski definition) is 5. The van der Waals surface area contributed by atoms with E-state index in [2.05, 4.69) is 65.0 Å². The van der Waals surface area contributed by atoms with Crippen molar-refractivity contribution in [2.24, 2.45) is 23.2 Å². The van der Waals surface area contributed by atoms with E-state index < -0.39 is 5.60 Å². The van der Waals surface area contributed by atoms with Crippen LogP contribution < -0.4 is 20.1 Å². The van der Waals surface area contributed by atoms with Gasteiger partial charge in [0.15, 0.2) is 0 Å². The third-order valence-corrected chi connectivity index (χ3v) is 9.51. The van der Waals surface area contributed by atoms with Crippen LogP contribution in [0.5, 0.6) is 0 Å². The lowest BCUT2D eigenvalue weighted by Gasteiger charge is -2.21. The summed E-state index contributed by atoms with van der Waals surface area (Å²) in [4.78, 5) is 20.7. The number of piperidine rings is 1. The first kappa shape index (κ1) is 23.7. The molecule has 3 atom stereocenters. The normalized spacial score (nSPS) is 24.9. The van der Waals surface area contributed by atoms with Crippen molar-refractivity contribution in [1.29, 1.82) is 0 Å². The van der Waals surface area contributed by atoms with Gasteiger partial charge in [0.05, 0.1) is 20.8 Å². The van der Waals surface area contributed by atoms with Crippen LogP contribution in [-0.2, 0) is 4.74 Å². The first-order valence-corrected chi connectivity index (χ1v) is 14.0. The summed E-state index contributed by atoms with van der Waals surface area (Å²) in [6, 6.07) is 13.4. The summed E-state index contributed by atoms with van der Waals surface area (Å²) in [5.41, 5.74) is 3.42. The molecule has 1 saturated carbocycles. The van der Waals surface area contributed by atoms with Gasteiger partial charge in [-0.15, -0.1) is 11.3 Å². The number of nitrogens with zero attached hydrogens (tertiary/aromatic N) is 3. The van der Waals surface area contributed by atoms with Gasteiger partial charge in [-0.1, -0.05) is 13.8 Å². The van der Waals surface area contributed by atoms with Crippen LogP contribution in [0, 0.1) is 23.2 Å². The van der Waals surface area contributed by atoms with Gasteiger partial charge in [0.2, 0.25) is 5.36 Å². The van der Waals surface area contributed by atoms with Crippen LogP contribution in [0.4, 0.5) is 10.5 Å². The number of nitrogens with one attached hydrogen (secondary N) is 1. The van der Waals surface area contributed by atoms with Gasteiger partial charge in [0.1, 0.15) is 18.7 Å². The number of ether oxygens (including phenoxy) is 1. The summed E-state index contributed by atoms with van der Waals surface area (Å²) in [5, 5.41) is 4.27. The fourth-order valence-electron chi connectivity index (χ4n) is 6.11. The zero-order chi connectivity index (χ0) is 25.2. The molecule has 0 radical (unpaired) electrons. The van der Waals surface area contributed by atoms with Crippen LogP contribution in [0.15, 0.2) is 36.4 Å². The maximum Gasteiger partial charge on any atom is 0.407 e. The van der Waals surface area contributed by atoms with Crippen molar-refractivity contribution in [2.75, 3.05) is 37.6 Å². The second-order valence-electron chi connectivity index (χ2n) is 12.4. The van der Waals surface area contributed by atoms with Gasteiger partial charge in [0, 0.05) is 49.3 Å². The van der Waals surface area contributed by atoms with Gasteiger partial charge in [-0.05, 0) is 62.8 Å². The minimum absolute atomic E-state index is 0.333. The molecule has 7 heteroatoms. The van der Waals surface area contributed by atoms with Crippen molar-refractivity contribution >= 4 is 33.3 Å². The lowest BCUT2D eigenvalue weighted by Crippen LogP contribution is -2.36. The summed E-state index contributed by atoms with van der Waals surface area (Å²) >= 11 is 1.84. The van der Waals surface area contributed by atoms with Gasteiger partial charge < -0.3 is 15.0 Å². The Morgan fingerprint density at radius 3 is 2.72 bits per heavy atom. The summed E-state index contributed by atoms with van der Waals surface area (Å²) in [7, 11) is 0. The number of alkyl carbamates (subject to hydrolysis) is 1. The van der Waals surface area contributed by atoms with Crippen molar-refractivity contribution in [1.82, 2.24) is 14.9 Å². The highest BCUT2D eigenvalue weighted by atomic mass is 32.1. The van der Waals surface area contributed by atoms with Crippen molar-refractivity contribution in [3.8, 4) is 10.6 Å². The van der Waals surface area contributed by atoms with Crippen LogP contribution in [-0.4, -0.2) is 49.4 Å². The second kappa shape index (κ2) is 8.44. The van der Waals surface area contributed by atoms with Crippen LogP contribution >= 0.6 is 11.3 Å². The minimum atomic E-state index is -0.469. The molecule has 5 aliphatic rings. The molecule has 3 aliphatic heterocycles. The minimum Gasteiger partial charge on any atom is -0.444 e. The number of fused-ring (bicyclic) bond motifs is 3. The van der Waals surface area contributed by atoms with Crippen LogP contribution in [0.2, 0.25) is 0 Å². The summed E-state index contributed by atoms with van der Waals surface area (Å²) in [5.74, 6) is 2.11. The molecule has 36 heavy (non-hydrogen) atoms. The Balaban J connectivity index is 1.18. The van der Waals surface area contributed by atoms with E-state index in [1.54, 1.807) is 0 Å². The first-order chi connectivity index (χ1) is 17.1. The number of rotatable bonds is 3. The van der Waals surface area contributed by atoms with Crippen LogP contribution in [0.1, 0.15) is 41.0 Å². The van der Waals surface area contributed by atoms with E-state index in [1.165, 1.54) is 33.7 Å². The highest BCUT2D eigenvalue weighted by Crippen LogP contribution is 2.60. The summed E-state index contributed by atoms with van der Waals surface area (Å²) in [6.45, 7) is 15.4. The predicted octanol–water partition coefficient (Wildman–Crippen LogP) is 4.81. The third-order valence-electron chi connectivity index (χ3n) is 8.42. The van der Waals surface area contributed by atoms with E-state index in [-0.39, 0.29) is 6.09 Å². The van der Waals surface area contributed by atoms with Gasteiger partial charge >= 0.3 is 6.09 Å². The molecule has 3 heterocycles. The summed E-state index contributed by atoms with van der Waals surface area (Å²) in [6.07, 6.45) is 0.728. The van der Waals surface area contributed by atoms with Crippen molar-refractivity contribution in [2.45, 2.75) is 46.6 Å². The fraction of sp³-hybridized carbons (Fsp3) is 0.552. The number of carbonyl (C=O) groups excluding carboxylic acids is 1. The van der Waals surface area contributed by atoms with E-state index in [4.69, 9.17) is 9.72 Å². The number of benzene rings is 2. The van der Waals surface area contributed by atoms with Gasteiger partial charge in [-0.2, -0.15) is 0 Å². The maximum atomic E-state index is 12.0. The lowest BCUT2D eigenvalue weighted by molar-refractivity contribution is 0.0520. The first-order valence-electron chi connectivity index (χ1n) is 13.2. The molecular formula is C29H37N4O2S+. The molecule has 1 amide bonds. The molecule has 2 aliphatic carbocycles. The van der Waals surface area contributed by atoms with Crippen molar-refractivity contribution in [3.63, 3.8) is 0 Å². The third kappa shape index (κ3) is 4.47. The van der Waals surface area contributed by atoms with Gasteiger partial charge in [-0.25, -0.2) is 14.4 Å². The Kier molecular flexibility index (Phi) is 5.56. The SMILES string of the molecule is CC(C)(C)OC(=O)NCC1CCN(c2ccc3nc4ccc(=[N+]5CC6C(C5)C6(C)C)cc-4sc3c2)C1. The zero-order valence-electron chi connectivity index (χ0n) is 22.0. The van der Waals surface area contributed by atoms with Gasteiger partial charge in [-0.3, -0.25) is 0 Å². The molecular weight excluding hydrogens is 468 g/mol. The Bertz CT molecular complexity index is 1360. The number of anilines is 1. The standard InChI is InChI=1S/C29H36N4O2S/c1-28(2,3)35-27(34)30-14-18-10-11-32(15-18)19-6-8-23-25(12-19)36-26-13-20(7-9-24(26)31-23)33-16-21-22(17-33)29(21,4)5/h6-9,12-13,18,21-22H,10-11,14-17H2,1-5H3/p+1. The lowest BCUT2D eigenvalue weighted by atomic mass is 10.1. The zero-order valence-corrected chi connectivity index (χ0v) is 22.8. The van der Waals surface area contributed by atoms with Crippen LogP contribution in [0.3, 0.4) is 0 Å². The summed E-state index contributed by atoms with van der Waals surface area (Å²) < 4.78 is 9.16. The average molecular weight is 506 g/mol. The molecule has 3 fully saturated rings. The number of carbonyl (C=O) groups is 1. The number of aromatic nitrogens is 1. The molecule has 0 spiro atoms. The maximum absolute atomic E-state index is 12.0. The quantitative estimate of drug-likeness (QED) is 0.410. The Labute approximate surface area is 217 Å². The fourth-order valence-corrected chi connectivity index (χ4v) is 7.15.